The molecule has 0 bridgehead atoms. The number of alkyl carbamates (subject to hydrolysis) is 1. The van der Waals surface area contributed by atoms with Crippen LogP contribution in [0.25, 0.3) is 0 Å². The van der Waals surface area contributed by atoms with Gasteiger partial charge in [-0.05, 0) is 71.4 Å². The molecule has 0 spiro atoms. The van der Waals surface area contributed by atoms with Crippen LogP contribution in [0.5, 0.6) is 0 Å². The Morgan fingerprint density at radius 1 is 0.614 bits per heavy atom. The van der Waals surface area contributed by atoms with E-state index in [0.29, 0.717) is 19.4 Å². The first kappa shape index (κ1) is 52.6. The zero-order valence-corrected chi connectivity index (χ0v) is 37.2. The minimum Gasteiger partial charge on any atom is -0.465 e. The number of ether oxygens (including phenoxy) is 4. The monoisotopic (exact) mass is 806 g/mol. The van der Waals surface area contributed by atoms with Gasteiger partial charge in [-0.25, -0.2) is 4.79 Å². The number of likely N-dealkylation sites (tertiary alicyclic amines) is 1. The van der Waals surface area contributed by atoms with E-state index < -0.39 is 12.0 Å². The minimum absolute atomic E-state index is 0.00369. The number of nitrogens with zero attached hydrogens (tertiary/aromatic N) is 1. The van der Waals surface area contributed by atoms with Crippen LogP contribution in [-0.4, -0.2) is 88.3 Å². The minimum atomic E-state index is -0.511. The highest BCUT2D eigenvalue weighted by Gasteiger charge is 2.26. The SMILES string of the molecule is CCCCC/C=C\C/C=C\CCCCCCCC(=O)OCC(COC(=O)CCC(NCCCCCCCC)OCCCCCCCC)COC(=O)NC1CN(C)C1. The maximum Gasteiger partial charge on any atom is 0.407 e. The number of amides is 1. The summed E-state index contributed by atoms with van der Waals surface area (Å²) in [5.74, 6) is -1.07. The Hall–Kier alpha value is -2.43. The van der Waals surface area contributed by atoms with Gasteiger partial charge in [0.15, 0.2) is 0 Å². The normalized spacial score (nSPS) is 14.5. The van der Waals surface area contributed by atoms with E-state index in [-0.39, 0.29) is 50.4 Å². The van der Waals surface area contributed by atoms with Crippen molar-refractivity contribution in [3.63, 3.8) is 0 Å². The van der Waals surface area contributed by atoms with Gasteiger partial charge in [0.1, 0.15) is 26.0 Å². The van der Waals surface area contributed by atoms with Gasteiger partial charge >= 0.3 is 18.0 Å². The zero-order valence-electron chi connectivity index (χ0n) is 37.2. The van der Waals surface area contributed by atoms with Gasteiger partial charge in [-0.15, -0.1) is 0 Å². The summed E-state index contributed by atoms with van der Waals surface area (Å²) in [6, 6.07) is 0.0614. The van der Waals surface area contributed by atoms with Crippen molar-refractivity contribution in [2.75, 3.05) is 53.1 Å². The first-order valence-electron chi connectivity index (χ1n) is 23.5. The average molecular weight is 806 g/mol. The lowest BCUT2D eigenvalue weighted by Crippen LogP contribution is -2.57. The maximum atomic E-state index is 12.9. The van der Waals surface area contributed by atoms with Crippen molar-refractivity contribution in [2.24, 2.45) is 5.92 Å². The van der Waals surface area contributed by atoms with E-state index in [0.717, 1.165) is 83.8 Å². The highest BCUT2D eigenvalue weighted by Crippen LogP contribution is 2.13. The van der Waals surface area contributed by atoms with Crippen LogP contribution in [0.4, 0.5) is 4.79 Å². The molecule has 2 N–H and O–H groups in total. The summed E-state index contributed by atoms with van der Waals surface area (Å²) in [7, 11) is 1.99. The van der Waals surface area contributed by atoms with Gasteiger partial charge in [0.05, 0.1) is 12.0 Å². The van der Waals surface area contributed by atoms with E-state index in [4.69, 9.17) is 18.9 Å². The predicted octanol–water partition coefficient (Wildman–Crippen LogP) is 11.0. The number of hydrogen-bond acceptors (Lipinski definition) is 9. The Morgan fingerprint density at radius 3 is 1.75 bits per heavy atom. The number of unbranched alkanes of at least 4 members (excludes halogenated alkanes) is 18. The molecule has 1 saturated heterocycles. The van der Waals surface area contributed by atoms with Gasteiger partial charge in [-0.1, -0.05) is 141 Å². The summed E-state index contributed by atoms with van der Waals surface area (Å²) in [6.07, 6.45) is 36.3. The van der Waals surface area contributed by atoms with E-state index >= 15 is 0 Å². The topological polar surface area (TPSA) is 115 Å². The second-order valence-corrected chi connectivity index (χ2v) is 16.3. The number of nitrogens with one attached hydrogen (secondary N) is 2. The van der Waals surface area contributed by atoms with Gasteiger partial charge in [-0.3, -0.25) is 14.9 Å². The molecular weight excluding hydrogens is 719 g/mol. The van der Waals surface area contributed by atoms with Crippen molar-refractivity contribution < 1.29 is 33.3 Å². The fraction of sp³-hybridized carbons (Fsp3) is 0.851. The van der Waals surface area contributed by atoms with Crippen molar-refractivity contribution in [3.8, 4) is 0 Å². The van der Waals surface area contributed by atoms with Crippen molar-refractivity contribution in [3.05, 3.63) is 24.3 Å². The number of carbonyl (C=O) groups excluding carboxylic acids is 3. The third-order valence-corrected chi connectivity index (χ3v) is 10.5. The smallest absolute Gasteiger partial charge is 0.407 e. The lowest BCUT2D eigenvalue weighted by Gasteiger charge is -2.36. The zero-order chi connectivity index (χ0) is 41.4. The van der Waals surface area contributed by atoms with Crippen LogP contribution < -0.4 is 10.6 Å². The van der Waals surface area contributed by atoms with E-state index in [1.807, 2.05) is 7.05 Å². The van der Waals surface area contributed by atoms with Crippen molar-refractivity contribution in [1.29, 1.82) is 0 Å². The molecule has 1 amide bonds. The van der Waals surface area contributed by atoms with E-state index in [1.165, 1.54) is 83.5 Å². The molecule has 1 aliphatic heterocycles. The van der Waals surface area contributed by atoms with E-state index in [9.17, 15) is 14.4 Å². The molecule has 10 heteroatoms. The molecule has 0 aromatic heterocycles. The number of esters is 2. The van der Waals surface area contributed by atoms with Gasteiger partial charge in [0.2, 0.25) is 0 Å². The molecule has 0 aliphatic carbocycles. The third-order valence-electron chi connectivity index (χ3n) is 10.5. The van der Waals surface area contributed by atoms with Gasteiger partial charge in [0.25, 0.3) is 0 Å². The molecule has 1 rings (SSSR count). The fourth-order valence-corrected chi connectivity index (χ4v) is 6.75. The van der Waals surface area contributed by atoms with Crippen LogP contribution in [-0.2, 0) is 28.5 Å². The number of rotatable bonds is 40. The average Bonchev–Trinajstić information content (AvgIpc) is 3.19. The molecule has 332 valence electrons. The molecule has 1 fully saturated rings. The molecule has 0 aromatic rings. The van der Waals surface area contributed by atoms with Crippen LogP contribution in [0.3, 0.4) is 0 Å². The standard InChI is InChI=1S/C47H87N3O7/c1-5-8-11-14-17-18-19-20-21-22-23-24-25-26-29-32-45(51)55-39-42(41-57-47(53)49-43-37-50(4)38-43)40-56-46(52)34-33-44(48-35-30-27-15-12-9-6-2)54-36-31-28-16-13-10-7-3/h17-18,20-21,42-44,48H,5-16,19,22-41H2,1-4H3,(H,49,53)/b18-17-,21-20-. The number of likely N-dealkylation sites (N-methyl/N-ethyl adjacent to an activating group) is 1. The Morgan fingerprint density at radius 2 is 1.12 bits per heavy atom. The Balaban J connectivity index is 2.45. The largest absolute Gasteiger partial charge is 0.465 e. The molecule has 2 atom stereocenters. The number of carbonyl (C=O) groups is 3. The molecule has 1 heterocycles. The van der Waals surface area contributed by atoms with Gasteiger partial charge in [0, 0.05) is 32.5 Å². The van der Waals surface area contributed by atoms with Crippen LogP contribution in [0.2, 0.25) is 0 Å². The van der Waals surface area contributed by atoms with Crippen LogP contribution in [0, 0.1) is 5.92 Å². The van der Waals surface area contributed by atoms with Crippen molar-refractivity contribution in [2.45, 2.75) is 200 Å². The first-order chi connectivity index (χ1) is 27.9. The van der Waals surface area contributed by atoms with Gasteiger partial charge in [-0.2, -0.15) is 0 Å². The summed E-state index contributed by atoms with van der Waals surface area (Å²) in [4.78, 5) is 40.1. The summed E-state index contributed by atoms with van der Waals surface area (Å²) in [5.41, 5.74) is 0. The molecule has 10 nitrogen and oxygen atoms in total. The van der Waals surface area contributed by atoms with Crippen LogP contribution >= 0.6 is 0 Å². The first-order valence-corrected chi connectivity index (χ1v) is 23.5. The number of hydrogen-bond donors (Lipinski definition) is 2. The highest BCUT2D eigenvalue weighted by molar-refractivity contribution is 5.70. The Bertz CT molecular complexity index is 999. The molecule has 0 radical (unpaired) electrons. The predicted molar refractivity (Wildman–Crippen MR) is 234 cm³/mol. The molecule has 2 unspecified atom stereocenters. The van der Waals surface area contributed by atoms with E-state index in [2.05, 4.69) is 60.6 Å². The van der Waals surface area contributed by atoms with Crippen molar-refractivity contribution >= 4 is 18.0 Å². The van der Waals surface area contributed by atoms with Crippen LogP contribution in [0.15, 0.2) is 24.3 Å². The summed E-state index contributed by atoms with van der Waals surface area (Å²) < 4.78 is 22.9. The lowest BCUT2D eigenvalue weighted by atomic mass is 10.1. The molecular formula is C47H87N3O7. The highest BCUT2D eigenvalue weighted by atomic mass is 16.6. The molecule has 0 aromatic carbocycles. The Labute approximate surface area is 349 Å². The third kappa shape index (κ3) is 34.2. The summed E-state index contributed by atoms with van der Waals surface area (Å²) in [5, 5.41) is 6.38. The molecule has 0 saturated carbocycles. The Kier molecular flexibility index (Phi) is 36.0. The quantitative estimate of drug-likeness (QED) is 0.0205. The molecule has 57 heavy (non-hydrogen) atoms. The van der Waals surface area contributed by atoms with Crippen molar-refractivity contribution in [1.82, 2.24) is 15.5 Å². The lowest BCUT2D eigenvalue weighted by molar-refractivity contribution is -0.150. The molecule has 1 aliphatic rings. The summed E-state index contributed by atoms with van der Waals surface area (Å²) >= 11 is 0. The second-order valence-electron chi connectivity index (χ2n) is 16.3. The fourth-order valence-electron chi connectivity index (χ4n) is 6.75. The van der Waals surface area contributed by atoms with E-state index in [1.54, 1.807) is 0 Å². The summed E-state index contributed by atoms with van der Waals surface area (Å²) in [6.45, 7) is 9.80. The van der Waals surface area contributed by atoms with Gasteiger partial charge < -0.3 is 29.2 Å². The maximum absolute atomic E-state index is 12.9. The van der Waals surface area contributed by atoms with Crippen LogP contribution in [0.1, 0.15) is 188 Å². The number of allylic oxidation sites excluding steroid dienone is 4. The second kappa shape index (κ2) is 39.1.